The van der Waals surface area contributed by atoms with Crippen molar-refractivity contribution in [1.82, 2.24) is 20.9 Å². The van der Waals surface area contributed by atoms with Crippen LogP contribution in [0.1, 0.15) is 55.5 Å². The highest BCUT2D eigenvalue weighted by molar-refractivity contribution is 7.89. The summed E-state index contributed by atoms with van der Waals surface area (Å²) in [5.41, 5.74) is 0.834. The topological polar surface area (TPSA) is 195 Å². The zero-order chi connectivity index (χ0) is 33.9. The molecule has 15 heteroatoms. The Hall–Kier alpha value is -4.37. The summed E-state index contributed by atoms with van der Waals surface area (Å²) >= 11 is 0. The number of sulfonamides is 1. The molecule has 14 nitrogen and oxygen atoms in total. The fraction of sp³-hybridized carbons (Fsp3) is 0.484. The summed E-state index contributed by atoms with van der Waals surface area (Å²) in [4.78, 5) is 53.9. The first-order valence-corrected chi connectivity index (χ1v) is 16.7. The second kappa shape index (κ2) is 16.8. The fourth-order valence-electron chi connectivity index (χ4n) is 4.84. The van der Waals surface area contributed by atoms with Crippen LogP contribution in [0.4, 0.5) is 0 Å². The molecular formula is C31H43N5O9S. The Balaban J connectivity index is 1.94. The molecule has 0 unspecified atom stereocenters. The van der Waals surface area contributed by atoms with E-state index in [1.165, 1.54) is 19.1 Å². The average Bonchev–Trinajstić information content (AvgIpc) is 3.00. The van der Waals surface area contributed by atoms with Gasteiger partial charge in [-0.25, -0.2) is 13.6 Å². The molecule has 2 aromatic rings. The Labute approximate surface area is 269 Å². The first-order chi connectivity index (χ1) is 21.8. The number of fused-ring (bicyclic) bond motifs is 3. The van der Waals surface area contributed by atoms with E-state index in [4.69, 9.17) is 19.3 Å². The number of carbonyl (C=O) groups is 4. The Morgan fingerprint density at radius 1 is 1.04 bits per heavy atom. The van der Waals surface area contributed by atoms with Crippen molar-refractivity contribution in [3.8, 4) is 23.0 Å². The van der Waals surface area contributed by atoms with E-state index in [-0.39, 0.29) is 62.3 Å². The molecule has 0 fully saturated rings. The number of carbonyl (C=O) groups excluding carboxylic acids is 4. The van der Waals surface area contributed by atoms with Crippen LogP contribution in [0.25, 0.3) is 0 Å². The van der Waals surface area contributed by atoms with Gasteiger partial charge in [0.05, 0.1) is 38.6 Å². The van der Waals surface area contributed by atoms with Crippen molar-refractivity contribution in [1.29, 1.82) is 0 Å². The van der Waals surface area contributed by atoms with E-state index in [9.17, 15) is 27.6 Å². The summed E-state index contributed by atoms with van der Waals surface area (Å²) in [6, 6.07) is 8.98. The molecule has 1 aliphatic heterocycles. The van der Waals surface area contributed by atoms with E-state index in [2.05, 4.69) is 16.0 Å². The molecule has 0 aromatic heterocycles. The van der Waals surface area contributed by atoms with Crippen LogP contribution >= 0.6 is 0 Å². The number of benzene rings is 2. The van der Waals surface area contributed by atoms with E-state index >= 15 is 0 Å². The normalized spacial score (nSPS) is 17.1. The molecule has 4 amide bonds. The average molecular weight is 662 g/mol. The minimum absolute atomic E-state index is 0.00136. The molecule has 0 saturated heterocycles. The first kappa shape index (κ1) is 36.1. The standard InChI is InChI=1S/C31H43N5O9S/c1-20(2)29-31(40)34-18-22-23(43-3)9-7-10-24(22)45-26-17-21(12-13-25(26)44-4)30(39)33-14-5-6-15-36(19-27(37)35-29)28(38)11-8-16-46(32,41)42/h7,9-10,12-13,17,20,29H,5-6,8,11,14-16,18-19H2,1-4H3,(H,33,39)(H,34,40)(H,35,37)(H2,32,41,42)/t29-/m1/s1. The maximum Gasteiger partial charge on any atom is 0.251 e. The Morgan fingerprint density at radius 3 is 2.46 bits per heavy atom. The van der Waals surface area contributed by atoms with Gasteiger partial charge in [0.15, 0.2) is 11.5 Å². The van der Waals surface area contributed by atoms with Crippen molar-refractivity contribution < 1.29 is 41.8 Å². The molecule has 46 heavy (non-hydrogen) atoms. The second-order valence-electron chi connectivity index (χ2n) is 11.2. The maximum atomic E-state index is 13.4. The van der Waals surface area contributed by atoms with Gasteiger partial charge in [-0.2, -0.15) is 0 Å². The van der Waals surface area contributed by atoms with Gasteiger partial charge in [-0.05, 0) is 55.5 Å². The molecule has 1 atom stereocenters. The lowest BCUT2D eigenvalue weighted by atomic mass is 10.0. The van der Waals surface area contributed by atoms with Crippen molar-refractivity contribution in [2.24, 2.45) is 11.1 Å². The van der Waals surface area contributed by atoms with Crippen molar-refractivity contribution in [2.75, 3.05) is 39.6 Å². The van der Waals surface area contributed by atoms with Gasteiger partial charge in [0.25, 0.3) is 5.91 Å². The molecule has 1 aliphatic rings. The van der Waals surface area contributed by atoms with Crippen LogP contribution in [0, 0.1) is 5.92 Å². The summed E-state index contributed by atoms with van der Waals surface area (Å²) in [5, 5.41) is 13.5. The van der Waals surface area contributed by atoms with Crippen LogP contribution < -0.4 is 35.3 Å². The quantitative estimate of drug-likeness (QED) is 0.341. The summed E-state index contributed by atoms with van der Waals surface area (Å²) in [7, 11) is -0.785. The SMILES string of the molecule is COc1ccc2cc1Oc1cccc(OC)c1CNC(=O)[C@@H](C(C)C)NC(=O)CN(C(=O)CCCS(N)(=O)=O)CCCCNC2=O. The molecule has 0 radical (unpaired) electrons. The zero-order valence-electron chi connectivity index (χ0n) is 26.6. The Bertz CT molecular complexity index is 1510. The van der Waals surface area contributed by atoms with Gasteiger partial charge >= 0.3 is 0 Å². The largest absolute Gasteiger partial charge is 0.496 e. The van der Waals surface area contributed by atoms with Gasteiger partial charge < -0.3 is 35.1 Å². The highest BCUT2D eigenvalue weighted by Gasteiger charge is 2.27. The molecule has 1 heterocycles. The number of amides is 4. The minimum Gasteiger partial charge on any atom is -0.496 e. The number of hydrogen-bond donors (Lipinski definition) is 4. The van der Waals surface area contributed by atoms with Crippen LogP contribution in [0.3, 0.4) is 0 Å². The third-order valence-electron chi connectivity index (χ3n) is 7.31. The van der Waals surface area contributed by atoms with E-state index in [0.717, 1.165) is 0 Å². The van der Waals surface area contributed by atoms with Gasteiger partial charge in [-0.3, -0.25) is 19.2 Å². The predicted octanol–water partition coefficient (Wildman–Crippen LogP) is 1.67. The van der Waals surface area contributed by atoms with Crippen molar-refractivity contribution in [3.05, 3.63) is 47.5 Å². The molecule has 5 N–H and O–H groups in total. The van der Waals surface area contributed by atoms with Crippen molar-refractivity contribution >= 4 is 33.7 Å². The number of hydrogen-bond acceptors (Lipinski definition) is 9. The number of nitrogens with two attached hydrogens (primary N) is 1. The van der Waals surface area contributed by atoms with Crippen molar-refractivity contribution in [2.45, 2.75) is 52.1 Å². The lowest BCUT2D eigenvalue weighted by Crippen LogP contribution is -2.52. The number of rotatable bonds is 7. The van der Waals surface area contributed by atoms with Crippen molar-refractivity contribution in [3.63, 3.8) is 0 Å². The molecule has 252 valence electrons. The molecular weight excluding hydrogens is 618 g/mol. The molecule has 3 rings (SSSR count). The predicted molar refractivity (Wildman–Crippen MR) is 170 cm³/mol. The van der Waals surface area contributed by atoms with Gasteiger partial charge in [0.1, 0.15) is 17.5 Å². The third-order valence-corrected chi connectivity index (χ3v) is 8.17. The van der Waals surface area contributed by atoms with Gasteiger partial charge in [-0.15, -0.1) is 0 Å². The van der Waals surface area contributed by atoms with Gasteiger partial charge in [0.2, 0.25) is 27.7 Å². The van der Waals surface area contributed by atoms with Gasteiger partial charge in [-0.1, -0.05) is 19.9 Å². The Morgan fingerprint density at radius 2 is 1.78 bits per heavy atom. The summed E-state index contributed by atoms with van der Waals surface area (Å²) in [5.74, 6) is -1.01. The fourth-order valence-corrected chi connectivity index (χ4v) is 5.39. The van der Waals surface area contributed by atoms with E-state index in [1.807, 2.05) is 0 Å². The molecule has 0 aliphatic carbocycles. The lowest BCUT2D eigenvalue weighted by Gasteiger charge is -2.26. The first-order valence-electron chi connectivity index (χ1n) is 15.0. The summed E-state index contributed by atoms with van der Waals surface area (Å²) in [6.07, 6.45) is 0.801. The maximum absolute atomic E-state index is 13.4. The number of nitrogens with one attached hydrogen (secondary N) is 3. The minimum atomic E-state index is -3.75. The molecule has 0 saturated carbocycles. The summed E-state index contributed by atoms with van der Waals surface area (Å²) < 4.78 is 39.9. The van der Waals surface area contributed by atoms with E-state index in [0.29, 0.717) is 41.2 Å². The van der Waals surface area contributed by atoms with Crippen LogP contribution in [0.2, 0.25) is 0 Å². The van der Waals surface area contributed by atoms with Crippen LogP contribution in [0.5, 0.6) is 23.0 Å². The molecule has 2 bridgehead atoms. The summed E-state index contributed by atoms with van der Waals surface area (Å²) in [6.45, 7) is 3.67. The monoisotopic (exact) mass is 661 g/mol. The van der Waals surface area contributed by atoms with Gasteiger partial charge in [0, 0.05) is 25.1 Å². The third kappa shape index (κ3) is 10.6. The van der Waals surface area contributed by atoms with Crippen LogP contribution in [0.15, 0.2) is 36.4 Å². The number of methoxy groups -OCH3 is 2. The Kier molecular flexibility index (Phi) is 13.2. The highest BCUT2D eigenvalue weighted by Crippen LogP contribution is 2.37. The number of nitrogens with zero attached hydrogens (tertiary/aromatic N) is 1. The number of primary sulfonamides is 1. The number of ether oxygens (including phenoxy) is 3. The second-order valence-corrected chi connectivity index (χ2v) is 12.9. The lowest BCUT2D eigenvalue weighted by molar-refractivity contribution is -0.137. The molecule has 0 spiro atoms. The van der Waals surface area contributed by atoms with E-state index in [1.54, 1.807) is 50.2 Å². The smallest absolute Gasteiger partial charge is 0.251 e. The molecule has 2 aromatic carbocycles. The highest BCUT2D eigenvalue weighted by atomic mass is 32.2. The van der Waals surface area contributed by atoms with Crippen LogP contribution in [-0.2, 0) is 31.0 Å². The van der Waals surface area contributed by atoms with E-state index < -0.39 is 33.8 Å². The zero-order valence-corrected chi connectivity index (χ0v) is 27.4. The van der Waals surface area contributed by atoms with Crippen LogP contribution in [-0.4, -0.2) is 82.6 Å².